The van der Waals surface area contributed by atoms with Crippen molar-refractivity contribution in [1.82, 2.24) is 5.32 Å². The van der Waals surface area contributed by atoms with Crippen molar-refractivity contribution in [2.75, 3.05) is 20.8 Å². The van der Waals surface area contributed by atoms with Gasteiger partial charge in [0.15, 0.2) is 0 Å². The summed E-state index contributed by atoms with van der Waals surface area (Å²) < 4.78 is 12.2. The summed E-state index contributed by atoms with van der Waals surface area (Å²) in [6, 6.07) is 6.32. The standard InChI is InChI=1S/C14H20BrNO2/c1-16-14(13-5-3-4-8-18-13)11-7-6-10(17-2)9-12(11)15/h6-7,9,13-14,16H,3-5,8H2,1-2H3. The third-order valence-electron chi connectivity index (χ3n) is 3.44. The molecule has 0 saturated carbocycles. The van der Waals surface area contributed by atoms with Gasteiger partial charge < -0.3 is 14.8 Å². The molecule has 2 unspecified atom stereocenters. The van der Waals surface area contributed by atoms with E-state index in [1.165, 1.54) is 18.4 Å². The summed E-state index contributed by atoms with van der Waals surface area (Å²) in [5, 5.41) is 3.37. The molecule has 0 spiro atoms. The van der Waals surface area contributed by atoms with E-state index < -0.39 is 0 Å². The van der Waals surface area contributed by atoms with Gasteiger partial charge in [-0.1, -0.05) is 22.0 Å². The van der Waals surface area contributed by atoms with Crippen LogP contribution in [-0.2, 0) is 4.74 Å². The molecule has 0 amide bonds. The molecule has 1 aromatic carbocycles. The molecule has 0 radical (unpaired) electrons. The van der Waals surface area contributed by atoms with Crippen molar-refractivity contribution in [3.63, 3.8) is 0 Å². The molecule has 3 nitrogen and oxygen atoms in total. The molecule has 1 aromatic rings. The lowest BCUT2D eigenvalue weighted by Crippen LogP contribution is -2.34. The number of methoxy groups -OCH3 is 1. The SMILES string of the molecule is CNC(c1ccc(OC)cc1Br)C1CCCCO1. The first-order valence-electron chi connectivity index (χ1n) is 6.38. The molecular weight excluding hydrogens is 294 g/mol. The third kappa shape index (κ3) is 3.05. The predicted molar refractivity (Wildman–Crippen MR) is 76.1 cm³/mol. The lowest BCUT2D eigenvalue weighted by Gasteiger charge is -2.31. The second-order valence-corrected chi connectivity index (χ2v) is 5.41. The molecule has 2 atom stereocenters. The highest BCUT2D eigenvalue weighted by atomic mass is 79.9. The zero-order valence-electron chi connectivity index (χ0n) is 10.9. The summed E-state index contributed by atoms with van der Waals surface area (Å²) in [6.07, 6.45) is 3.80. The van der Waals surface area contributed by atoms with Gasteiger partial charge >= 0.3 is 0 Å². The third-order valence-corrected chi connectivity index (χ3v) is 4.13. The van der Waals surface area contributed by atoms with E-state index >= 15 is 0 Å². The zero-order valence-corrected chi connectivity index (χ0v) is 12.5. The summed E-state index contributed by atoms with van der Waals surface area (Å²) in [5.74, 6) is 0.866. The highest BCUT2D eigenvalue weighted by molar-refractivity contribution is 9.10. The van der Waals surface area contributed by atoms with Crippen molar-refractivity contribution in [3.8, 4) is 5.75 Å². The fraction of sp³-hybridized carbons (Fsp3) is 0.571. The van der Waals surface area contributed by atoms with E-state index in [4.69, 9.17) is 9.47 Å². The lowest BCUT2D eigenvalue weighted by molar-refractivity contribution is -0.00677. The maximum absolute atomic E-state index is 5.88. The maximum atomic E-state index is 5.88. The van der Waals surface area contributed by atoms with Gasteiger partial charge in [0.2, 0.25) is 0 Å². The van der Waals surface area contributed by atoms with Gasteiger partial charge in [0, 0.05) is 11.1 Å². The summed E-state index contributed by atoms with van der Waals surface area (Å²) in [4.78, 5) is 0. The molecule has 1 saturated heterocycles. The smallest absolute Gasteiger partial charge is 0.120 e. The van der Waals surface area contributed by atoms with Crippen molar-refractivity contribution in [2.24, 2.45) is 0 Å². The minimum atomic E-state index is 0.227. The minimum Gasteiger partial charge on any atom is -0.497 e. The van der Waals surface area contributed by atoms with Crippen molar-refractivity contribution in [2.45, 2.75) is 31.4 Å². The van der Waals surface area contributed by atoms with Crippen LogP contribution in [0.5, 0.6) is 5.75 Å². The van der Waals surface area contributed by atoms with Crippen LogP contribution in [0, 0.1) is 0 Å². The molecule has 1 fully saturated rings. The molecule has 4 heteroatoms. The summed E-state index contributed by atoms with van der Waals surface area (Å²) >= 11 is 3.62. The molecule has 0 aliphatic carbocycles. The Kier molecular flexibility index (Phi) is 5.03. The number of halogens is 1. The number of likely N-dealkylation sites (N-methyl/N-ethyl adjacent to an activating group) is 1. The van der Waals surface area contributed by atoms with Crippen LogP contribution in [0.15, 0.2) is 22.7 Å². The number of hydrogen-bond donors (Lipinski definition) is 1. The number of rotatable bonds is 4. The zero-order chi connectivity index (χ0) is 13.0. The molecule has 1 aliphatic heterocycles. The first-order valence-corrected chi connectivity index (χ1v) is 7.18. The van der Waals surface area contributed by atoms with Crippen LogP contribution >= 0.6 is 15.9 Å². The van der Waals surface area contributed by atoms with Gasteiger partial charge in [-0.15, -0.1) is 0 Å². The van der Waals surface area contributed by atoms with E-state index in [-0.39, 0.29) is 12.1 Å². The Morgan fingerprint density at radius 2 is 2.28 bits per heavy atom. The molecule has 0 aromatic heterocycles. The normalized spacial score (nSPS) is 21.6. The van der Waals surface area contributed by atoms with E-state index in [1.54, 1.807) is 7.11 Å². The van der Waals surface area contributed by atoms with Crippen molar-refractivity contribution < 1.29 is 9.47 Å². The van der Waals surface area contributed by atoms with E-state index in [0.29, 0.717) is 0 Å². The van der Waals surface area contributed by atoms with E-state index in [2.05, 4.69) is 27.3 Å². The first-order chi connectivity index (χ1) is 8.76. The number of ether oxygens (including phenoxy) is 2. The maximum Gasteiger partial charge on any atom is 0.120 e. The molecule has 100 valence electrons. The summed E-state index contributed by atoms with van der Waals surface area (Å²) in [6.45, 7) is 0.872. The highest BCUT2D eigenvalue weighted by Crippen LogP contribution is 2.32. The molecule has 1 heterocycles. The molecule has 2 rings (SSSR count). The molecule has 18 heavy (non-hydrogen) atoms. The monoisotopic (exact) mass is 313 g/mol. The number of benzene rings is 1. The van der Waals surface area contributed by atoms with Gasteiger partial charge in [-0.05, 0) is 44.0 Å². The highest BCUT2D eigenvalue weighted by Gasteiger charge is 2.26. The Morgan fingerprint density at radius 3 is 2.83 bits per heavy atom. The Hall–Kier alpha value is -0.580. The average molecular weight is 314 g/mol. The largest absolute Gasteiger partial charge is 0.497 e. The molecule has 1 N–H and O–H groups in total. The average Bonchev–Trinajstić information content (AvgIpc) is 2.42. The van der Waals surface area contributed by atoms with Gasteiger partial charge in [-0.2, -0.15) is 0 Å². The molecule has 0 bridgehead atoms. The van der Waals surface area contributed by atoms with Gasteiger partial charge in [0.25, 0.3) is 0 Å². The lowest BCUT2D eigenvalue weighted by atomic mass is 9.96. The topological polar surface area (TPSA) is 30.5 Å². The van der Waals surface area contributed by atoms with Crippen LogP contribution in [0.4, 0.5) is 0 Å². The quantitative estimate of drug-likeness (QED) is 0.925. The molecular formula is C14H20BrNO2. The van der Waals surface area contributed by atoms with Gasteiger partial charge in [-0.3, -0.25) is 0 Å². The fourth-order valence-electron chi connectivity index (χ4n) is 2.46. The van der Waals surface area contributed by atoms with Crippen LogP contribution in [0.2, 0.25) is 0 Å². The predicted octanol–water partition coefficient (Wildman–Crippen LogP) is 3.29. The Balaban J connectivity index is 2.20. The van der Waals surface area contributed by atoms with Crippen LogP contribution in [0.3, 0.4) is 0 Å². The Labute approximate surface area is 117 Å². The summed E-state index contributed by atoms with van der Waals surface area (Å²) in [7, 11) is 3.67. The minimum absolute atomic E-state index is 0.227. The Bertz CT molecular complexity index is 391. The fourth-order valence-corrected chi connectivity index (χ4v) is 3.06. The van der Waals surface area contributed by atoms with Crippen molar-refractivity contribution in [3.05, 3.63) is 28.2 Å². The Morgan fingerprint density at radius 1 is 1.44 bits per heavy atom. The van der Waals surface area contributed by atoms with Crippen LogP contribution in [0.25, 0.3) is 0 Å². The number of hydrogen-bond acceptors (Lipinski definition) is 3. The van der Waals surface area contributed by atoms with E-state index in [0.717, 1.165) is 23.2 Å². The molecule has 1 aliphatic rings. The van der Waals surface area contributed by atoms with Crippen molar-refractivity contribution in [1.29, 1.82) is 0 Å². The summed E-state index contributed by atoms with van der Waals surface area (Å²) in [5.41, 5.74) is 1.23. The van der Waals surface area contributed by atoms with E-state index in [1.807, 2.05) is 19.2 Å². The van der Waals surface area contributed by atoms with Crippen LogP contribution < -0.4 is 10.1 Å². The second-order valence-electron chi connectivity index (χ2n) is 4.56. The van der Waals surface area contributed by atoms with Gasteiger partial charge in [-0.25, -0.2) is 0 Å². The van der Waals surface area contributed by atoms with E-state index in [9.17, 15) is 0 Å². The van der Waals surface area contributed by atoms with Gasteiger partial charge in [0.1, 0.15) is 5.75 Å². The van der Waals surface area contributed by atoms with Gasteiger partial charge in [0.05, 0.1) is 19.3 Å². The second kappa shape index (κ2) is 6.55. The van der Waals surface area contributed by atoms with Crippen LogP contribution in [0.1, 0.15) is 30.9 Å². The van der Waals surface area contributed by atoms with Crippen LogP contribution in [-0.4, -0.2) is 26.9 Å². The number of nitrogens with one attached hydrogen (secondary N) is 1. The van der Waals surface area contributed by atoms with Crippen molar-refractivity contribution >= 4 is 15.9 Å². The first kappa shape index (κ1) is 13.8.